The summed E-state index contributed by atoms with van der Waals surface area (Å²) in [5.41, 5.74) is 2.62. The van der Waals surface area contributed by atoms with Gasteiger partial charge in [-0.2, -0.15) is 0 Å². The van der Waals surface area contributed by atoms with Gasteiger partial charge >= 0.3 is 6.03 Å². The fourth-order valence-corrected chi connectivity index (χ4v) is 8.83. The summed E-state index contributed by atoms with van der Waals surface area (Å²) in [5.74, 6) is -2.32. The first-order valence-corrected chi connectivity index (χ1v) is 20.6. The number of urea groups is 1. The molecular weight excluding hydrogens is 743 g/mol. The predicted octanol–water partition coefficient (Wildman–Crippen LogP) is 2.22. The average Bonchev–Trinajstić information content (AvgIpc) is 3.48. The van der Waals surface area contributed by atoms with Gasteiger partial charge in [0.25, 0.3) is 0 Å². The molecule has 312 valence electrons. The number of aliphatic hydroxyl groups excluding tert-OH is 1. The molecule has 3 aliphatic heterocycles. The molecule has 3 heterocycles. The van der Waals surface area contributed by atoms with Gasteiger partial charge in [0.2, 0.25) is 29.5 Å². The van der Waals surface area contributed by atoms with E-state index in [9.17, 15) is 38.7 Å². The van der Waals surface area contributed by atoms with Crippen LogP contribution in [0.5, 0.6) is 0 Å². The van der Waals surface area contributed by atoms with Crippen molar-refractivity contribution in [2.75, 3.05) is 31.6 Å². The minimum atomic E-state index is -1.41. The molecule has 2 aromatic carbocycles. The second-order valence-corrected chi connectivity index (χ2v) is 16.5. The number of nitrogens with zero attached hydrogens (tertiary/aromatic N) is 3. The number of aliphatic hydroxyl groups is 1. The molecule has 1 saturated carbocycles. The van der Waals surface area contributed by atoms with Crippen molar-refractivity contribution in [2.45, 2.75) is 121 Å². The van der Waals surface area contributed by atoms with Crippen molar-refractivity contribution < 1.29 is 38.7 Å². The molecule has 58 heavy (non-hydrogen) atoms. The van der Waals surface area contributed by atoms with E-state index in [1.54, 1.807) is 24.0 Å². The number of aryl methyl sites for hydroxylation is 2. The second-order valence-electron chi connectivity index (χ2n) is 16.5. The van der Waals surface area contributed by atoms with E-state index >= 15 is 0 Å². The van der Waals surface area contributed by atoms with Crippen LogP contribution in [0, 0.1) is 12.8 Å². The van der Waals surface area contributed by atoms with Gasteiger partial charge in [-0.25, -0.2) is 4.79 Å². The van der Waals surface area contributed by atoms with Gasteiger partial charge < -0.3 is 41.1 Å². The lowest BCUT2D eigenvalue weighted by atomic mass is 9.99. The van der Waals surface area contributed by atoms with E-state index in [0.29, 0.717) is 57.2 Å². The molecule has 15 nitrogen and oxygen atoms in total. The maximum atomic E-state index is 14.2. The van der Waals surface area contributed by atoms with Crippen LogP contribution in [0.25, 0.3) is 0 Å². The Kier molecular flexibility index (Phi) is 13.2. The summed E-state index contributed by atoms with van der Waals surface area (Å²) >= 11 is 0. The highest BCUT2D eigenvalue weighted by molar-refractivity contribution is 6.09. The lowest BCUT2D eigenvalue weighted by Gasteiger charge is -2.39. The van der Waals surface area contributed by atoms with Crippen LogP contribution in [0.4, 0.5) is 10.5 Å². The minimum absolute atomic E-state index is 0.0433. The first kappa shape index (κ1) is 42.3. The predicted molar refractivity (Wildman–Crippen MR) is 215 cm³/mol. The molecule has 7 amide bonds. The lowest BCUT2D eigenvalue weighted by molar-refractivity contribution is -0.151. The Balaban J connectivity index is 1.11. The van der Waals surface area contributed by atoms with Gasteiger partial charge in [-0.15, -0.1) is 0 Å². The number of carbonyl (C=O) groups excluding carboxylic acids is 7. The van der Waals surface area contributed by atoms with Crippen molar-refractivity contribution in [3.8, 4) is 0 Å². The van der Waals surface area contributed by atoms with Crippen LogP contribution < -0.4 is 21.3 Å². The van der Waals surface area contributed by atoms with E-state index in [4.69, 9.17) is 0 Å². The van der Waals surface area contributed by atoms with Crippen molar-refractivity contribution in [1.82, 2.24) is 30.7 Å². The summed E-state index contributed by atoms with van der Waals surface area (Å²) in [6, 6.07) is 8.97. The van der Waals surface area contributed by atoms with Crippen molar-refractivity contribution in [3.05, 3.63) is 65.2 Å². The van der Waals surface area contributed by atoms with Gasteiger partial charge in [0, 0.05) is 38.2 Å². The number of nitrogens with one attached hydrogen (secondary N) is 4. The fraction of sp³-hybridized carbons (Fsp3) is 0.558. The number of benzene rings is 2. The van der Waals surface area contributed by atoms with Gasteiger partial charge in [0.1, 0.15) is 35.7 Å². The normalized spacial score (nSPS) is 24.2. The molecule has 4 aliphatic rings. The van der Waals surface area contributed by atoms with Crippen molar-refractivity contribution in [2.24, 2.45) is 5.92 Å². The zero-order chi connectivity index (χ0) is 41.7. The summed E-state index contributed by atoms with van der Waals surface area (Å²) in [4.78, 5) is 99.3. The van der Waals surface area contributed by atoms with Crippen LogP contribution >= 0.6 is 0 Å². The van der Waals surface area contributed by atoms with Crippen LogP contribution in [0.3, 0.4) is 0 Å². The maximum Gasteiger partial charge on any atom is 0.319 e. The summed E-state index contributed by atoms with van der Waals surface area (Å²) in [6.45, 7) is 7.73. The summed E-state index contributed by atoms with van der Waals surface area (Å²) in [6.07, 6.45) is 4.45. The quantitative estimate of drug-likeness (QED) is 0.203. The first-order chi connectivity index (χ1) is 27.7. The minimum Gasteiger partial charge on any atom is -0.394 e. The second kappa shape index (κ2) is 18.1. The van der Waals surface area contributed by atoms with Crippen molar-refractivity contribution in [1.29, 1.82) is 0 Å². The zero-order valence-corrected chi connectivity index (χ0v) is 33.9. The van der Waals surface area contributed by atoms with E-state index in [2.05, 4.69) is 21.3 Å². The van der Waals surface area contributed by atoms with Crippen LogP contribution in [0.15, 0.2) is 48.5 Å². The van der Waals surface area contributed by atoms with E-state index < -0.39 is 72.0 Å². The van der Waals surface area contributed by atoms with Crippen LogP contribution in [0.1, 0.15) is 82.4 Å². The Labute approximate surface area is 339 Å². The molecule has 0 radical (unpaired) electrons. The molecule has 1 spiro atoms. The molecule has 4 fully saturated rings. The Morgan fingerprint density at radius 1 is 0.862 bits per heavy atom. The third-order valence-electron chi connectivity index (χ3n) is 12.0. The van der Waals surface area contributed by atoms with Gasteiger partial charge in [0.05, 0.1) is 6.61 Å². The largest absolute Gasteiger partial charge is 0.394 e. The van der Waals surface area contributed by atoms with Crippen LogP contribution in [-0.2, 0) is 41.6 Å². The highest BCUT2D eigenvalue weighted by atomic mass is 16.3. The number of Topliss-reactive ketones (excluding diaryl/α,β-unsaturated/α-hetero) is 1. The van der Waals surface area contributed by atoms with Gasteiger partial charge in [-0.05, 0) is 88.0 Å². The molecule has 15 heteroatoms. The molecule has 0 aromatic heterocycles. The molecule has 7 atom stereocenters. The average molecular weight is 800 g/mol. The van der Waals surface area contributed by atoms with Crippen molar-refractivity contribution in [3.63, 3.8) is 0 Å². The van der Waals surface area contributed by atoms with Gasteiger partial charge in [0.15, 0.2) is 5.78 Å². The Morgan fingerprint density at radius 3 is 2.24 bits per heavy atom. The number of hydrogen-bond acceptors (Lipinski definition) is 8. The third-order valence-corrected chi connectivity index (χ3v) is 12.0. The molecule has 3 saturated heterocycles. The lowest BCUT2D eigenvalue weighted by Crippen LogP contribution is -2.61. The number of piperidine rings is 1. The molecule has 6 rings (SSSR count). The highest BCUT2D eigenvalue weighted by Crippen LogP contribution is 2.48. The standard InChI is InChI=1S/C43H57N7O8/c1-5-29-14-16-31(17-15-29)45-42(58)47-32(21-30-11-8-10-26(2)20-30)37(53)46-33(25-51)40(56)49-19-9-13-35(49)41(57)48-18-7-6-12-34(48)38(54)44-28(4)39(55)50-24-27(3)22-43(50)23-36(43)52/h8,10-11,14-17,20,27-28,32-35,51H,5-7,9,12-13,18-19,21-25H2,1-4H3,(H,44,54)(H,46,53)(H2,45,47,58)/t27-,28+,32+,33+,34+,35+,43-/m1/s1. The topological polar surface area (TPSA) is 198 Å². The molecule has 1 aliphatic carbocycles. The Hall–Kier alpha value is -5.31. The highest BCUT2D eigenvalue weighted by Gasteiger charge is 2.63. The number of carbonyl (C=O) groups is 7. The summed E-state index contributed by atoms with van der Waals surface area (Å²) in [7, 11) is 0. The Bertz CT molecular complexity index is 1900. The number of rotatable bonds is 13. The van der Waals surface area contributed by atoms with E-state index in [0.717, 1.165) is 23.1 Å². The summed E-state index contributed by atoms with van der Waals surface area (Å²) < 4.78 is 0. The smallest absolute Gasteiger partial charge is 0.319 e. The van der Waals surface area contributed by atoms with Crippen LogP contribution in [-0.4, -0.2) is 123 Å². The Morgan fingerprint density at radius 2 is 1.57 bits per heavy atom. The molecule has 2 aromatic rings. The fourth-order valence-electron chi connectivity index (χ4n) is 8.83. The zero-order valence-electron chi connectivity index (χ0n) is 33.9. The molecule has 5 N–H and O–H groups in total. The van der Waals surface area contributed by atoms with Crippen LogP contribution in [0.2, 0.25) is 0 Å². The first-order valence-electron chi connectivity index (χ1n) is 20.6. The van der Waals surface area contributed by atoms with E-state index in [-0.39, 0.29) is 37.1 Å². The van der Waals surface area contributed by atoms with E-state index in [1.807, 2.05) is 57.2 Å². The number of amides is 7. The third kappa shape index (κ3) is 9.35. The molecule has 0 unspecified atom stereocenters. The molecular formula is C43H57N7O8. The monoisotopic (exact) mass is 799 g/mol. The molecule has 0 bridgehead atoms. The van der Waals surface area contributed by atoms with E-state index in [1.165, 1.54) is 9.80 Å². The number of ketones is 1. The van der Waals surface area contributed by atoms with Gasteiger partial charge in [-0.3, -0.25) is 28.8 Å². The number of hydrogen-bond donors (Lipinski definition) is 5. The number of anilines is 1. The maximum absolute atomic E-state index is 14.2. The summed E-state index contributed by atoms with van der Waals surface area (Å²) in [5, 5.41) is 21.4. The number of likely N-dealkylation sites (tertiary alicyclic amines) is 3. The SMILES string of the molecule is CCc1ccc(NC(=O)N[C@@H](Cc2cccc(C)c2)C(=O)N[C@@H](CO)C(=O)N2CCC[C@H]2C(=O)N2CCCC[C@H]2C(=O)N[C@@H](C)C(=O)N2C[C@H](C)C[C@]23CC3=O)cc1. The van der Waals surface area contributed by atoms with Gasteiger partial charge in [-0.1, -0.05) is 55.8 Å². The van der Waals surface area contributed by atoms with Crippen molar-refractivity contribution >= 4 is 47.0 Å².